The molecule has 1 saturated heterocycles. The van der Waals surface area contributed by atoms with Gasteiger partial charge in [0, 0.05) is 42.3 Å². The van der Waals surface area contributed by atoms with Gasteiger partial charge in [0.05, 0.1) is 15.6 Å². The lowest BCUT2D eigenvalue weighted by Crippen LogP contribution is -2.45. The first kappa shape index (κ1) is 28.8. The largest absolute Gasteiger partial charge is 0.505 e. The molecule has 13 heteroatoms. The number of guanidine groups is 1. The number of rotatable bonds is 6. The normalized spacial score (nSPS) is 15.1. The third kappa shape index (κ3) is 6.04. The summed E-state index contributed by atoms with van der Waals surface area (Å²) in [5, 5.41) is 26.2. The van der Waals surface area contributed by atoms with E-state index in [0.29, 0.717) is 29.8 Å². The van der Waals surface area contributed by atoms with Crippen molar-refractivity contribution < 1.29 is 13.5 Å². The van der Waals surface area contributed by atoms with Crippen molar-refractivity contribution in [2.45, 2.75) is 11.3 Å². The number of nitrogens with one attached hydrogen (secondary N) is 1. The van der Waals surface area contributed by atoms with Crippen molar-refractivity contribution in [2.75, 3.05) is 38.1 Å². The number of hydrogen-bond acceptors (Lipinski definition) is 7. The lowest BCUT2D eigenvalue weighted by atomic mass is 10.0. The number of phenols is 1. The Hall–Kier alpha value is -3.18. The van der Waals surface area contributed by atoms with Gasteiger partial charge in [-0.05, 0) is 59.2 Å². The van der Waals surface area contributed by atoms with Gasteiger partial charge in [-0.15, -0.1) is 4.41 Å². The van der Waals surface area contributed by atoms with Crippen LogP contribution in [0.2, 0.25) is 5.02 Å². The summed E-state index contributed by atoms with van der Waals surface area (Å²) in [6, 6.07) is 16.2. The molecule has 4 rings (SSSR count). The first-order chi connectivity index (χ1) is 18.7. The number of benzene rings is 3. The molecule has 0 bridgehead atoms. The van der Waals surface area contributed by atoms with E-state index in [4.69, 9.17) is 17.3 Å². The maximum atomic E-state index is 13.8. The van der Waals surface area contributed by atoms with E-state index in [2.05, 4.69) is 26.2 Å². The second-order valence-corrected chi connectivity index (χ2v) is 11.8. The highest BCUT2D eigenvalue weighted by Gasteiger charge is 2.31. The Morgan fingerprint density at radius 3 is 2.62 bits per heavy atom. The van der Waals surface area contributed by atoms with Gasteiger partial charge in [0.1, 0.15) is 5.69 Å². The number of aromatic hydroxyl groups is 1. The van der Waals surface area contributed by atoms with Crippen molar-refractivity contribution >= 4 is 54.9 Å². The fourth-order valence-corrected chi connectivity index (χ4v) is 6.41. The van der Waals surface area contributed by atoms with Crippen LogP contribution in [0.25, 0.3) is 11.1 Å². The second kappa shape index (κ2) is 12.3. The molecular weight excluding hydrogens is 606 g/mol. The Balaban J connectivity index is 1.78. The maximum absolute atomic E-state index is 13.8. The van der Waals surface area contributed by atoms with Gasteiger partial charge in [-0.3, -0.25) is 0 Å². The van der Waals surface area contributed by atoms with Gasteiger partial charge in [-0.2, -0.15) is 5.26 Å². The van der Waals surface area contributed by atoms with Crippen LogP contribution in [0.15, 0.2) is 75.0 Å². The molecule has 0 radical (unpaired) electrons. The number of nitrogens with two attached hydrogens (primary N) is 1. The van der Waals surface area contributed by atoms with Crippen molar-refractivity contribution in [3.63, 3.8) is 0 Å². The summed E-state index contributed by atoms with van der Waals surface area (Å²) < 4.78 is 29.4. The van der Waals surface area contributed by atoms with Crippen LogP contribution in [0.5, 0.6) is 5.75 Å². The number of phenolic OH excluding ortho intramolecular Hbond substituents is 1. The SMILES string of the molecule is CN(N1CCCNCC1)S(=O)(=O)c1ccccc1-c1c(Cl)ccc(N=C(N)N(C#N)c2ccccc2Br)c1O. The standard InChI is InChI=1S/C26H27BrClN7O3S/c1-33(34-15-6-13-31-14-16-34)39(37,38)23-10-5-2-7-18(23)24-20(28)11-12-21(25(24)36)32-26(30)35(17-29)22-9-4-3-8-19(22)27/h2-5,7-12,31,36H,6,13-16H2,1H3,(H2,30,32). The molecular formula is C26H27BrClN7O3S. The Morgan fingerprint density at radius 2 is 1.87 bits per heavy atom. The number of halogens is 2. The maximum Gasteiger partial charge on any atom is 0.256 e. The molecule has 1 aliphatic rings. The lowest BCUT2D eigenvalue weighted by Gasteiger charge is -2.30. The molecule has 0 saturated carbocycles. The van der Waals surface area contributed by atoms with Crippen molar-refractivity contribution in [3.8, 4) is 23.1 Å². The number of aliphatic imine (C=N–C) groups is 1. The topological polar surface area (TPSA) is 138 Å². The molecule has 3 aromatic carbocycles. The van der Waals surface area contributed by atoms with E-state index in [9.17, 15) is 18.8 Å². The van der Waals surface area contributed by atoms with E-state index in [1.165, 1.54) is 29.7 Å². The highest BCUT2D eigenvalue weighted by molar-refractivity contribution is 9.10. The summed E-state index contributed by atoms with van der Waals surface area (Å²) >= 11 is 9.91. The predicted octanol–water partition coefficient (Wildman–Crippen LogP) is 4.24. The van der Waals surface area contributed by atoms with Gasteiger partial charge in [-0.1, -0.05) is 41.9 Å². The summed E-state index contributed by atoms with van der Waals surface area (Å²) in [7, 11) is -2.50. The predicted molar refractivity (Wildman–Crippen MR) is 156 cm³/mol. The fraction of sp³-hybridized carbons (Fsp3) is 0.231. The average molecular weight is 633 g/mol. The van der Waals surface area contributed by atoms with Crippen LogP contribution < -0.4 is 16.0 Å². The second-order valence-electron chi connectivity index (χ2n) is 8.64. The minimum absolute atomic E-state index is 0.0124. The monoisotopic (exact) mass is 631 g/mol. The van der Waals surface area contributed by atoms with Crippen LogP contribution in [0.1, 0.15) is 6.42 Å². The fourth-order valence-electron chi connectivity index (χ4n) is 4.24. The van der Waals surface area contributed by atoms with Crippen molar-refractivity contribution in [1.82, 2.24) is 14.7 Å². The lowest BCUT2D eigenvalue weighted by molar-refractivity contribution is 0.0926. The Labute approximate surface area is 241 Å². The molecule has 3 aromatic rings. The van der Waals surface area contributed by atoms with Gasteiger partial charge in [0.25, 0.3) is 10.0 Å². The first-order valence-corrected chi connectivity index (χ1v) is 14.6. The summed E-state index contributed by atoms with van der Waals surface area (Å²) in [5.41, 5.74) is 6.93. The third-order valence-electron chi connectivity index (χ3n) is 6.26. The Kier molecular flexibility index (Phi) is 9.12. The van der Waals surface area contributed by atoms with Gasteiger partial charge < -0.3 is 16.2 Å². The van der Waals surface area contributed by atoms with Gasteiger partial charge >= 0.3 is 0 Å². The smallest absolute Gasteiger partial charge is 0.256 e. The number of para-hydroxylation sites is 1. The van der Waals surface area contributed by atoms with Gasteiger partial charge in [0.2, 0.25) is 5.96 Å². The van der Waals surface area contributed by atoms with E-state index in [1.807, 2.05) is 6.19 Å². The van der Waals surface area contributed by atoms with Crippen LogP contribution in [0.3, 0.4) is 0 Å². The van der Waals surface area contributed by atoms with Gasteiger partial charge in [0.15, 0.2) is 11.9 Å². The van der Waals surface area contributed by atoms with E-state index < -0.39 is 10.0 Å². The summed E-state index contributed by atoms with van der Waals surface area (Å²) in [5.74, 6) is -0.580. The van der Waals surface area contributed by atoms with Crippen LogP contribution >= 0.6 is 27.5 Å². The molecule has 39 heavy (non-hydrogen) atoms. The van der Waals surface area contributed by atoms with Crippen LogP contribution in [0.4, 0.5) is 11.4 Å². The average Bonchev–Trinajstić information content (AvgIpc) is 3.21. The molecule has 0 atom stereocenters. The molecule has 0 unspecified atom stereocenters. The van der Waals surface area contributed by atoms with E-state index in [1.54, 1.807) is 47.5 Å². The summed E-state index contributed by atoms with van der Waals surface area (Å²) in [6.45, 7) is 2.58. The quantitative estimate of drug-likeness (QED) is 0.159. The molecule has 204 valence electrons. The molecule has 0 aliphatic carbocycles. The number of sulfonamides is 1. The minimum atomic E-state index is -4.02. The number of hydrogen-bond donors (Lipinski definition) is 3. The molecule has 1 heterocycles. The Morgan fingerprint density at radius 1 is 1.15 bits per heavy atom. The molecule has 0 amide bonds. The number of anilines is 1. The Bertz CT molecular complexity index is 1540. The highest BCUT2D eigenvalue weighted by Crippen LogP contribution is 2.45. The molecule has 1 fully saturated rings. The van der Waals surface area contributed by atoms with Gasteiger partial charge in [-0.25, -0.2) is 23.3 Å². The third-order valence-corrected chi connectivity index (χ3v) is 9.08. The van der Waals surface area contributed by atoms with Crippen LogP contribution in [0, 0.1) is 11.5 Å². The number of hydrazine groups is 1. The van der Waals surface area contributed by atoms with Crippen LogP contribution in [-0.4, -0.2) is 62.1 Å². The number of nitriles is 1. The van der Waals surface area contributed by atoms with E-state index >= 15 is 0 Å². The van der Waals surface area contributed by atoms with E-state index in [-0.39, 0.29) is 38.4 Å². The van der Waals surface area contributed by atoms with Crippen molar-refractivity contribution in [1.29, 1.82) is 5.26 Å². The molecule has 1 aliphatic heterocycles. The molecule has 10 nitrogen and oxygen atoms in total. The number of nitrogens with zero attached hydrogens (tertiary/aromatic N) is 5. The van der Waals surface area contributed by atoms with Crippen molar-refractivity contribution in [2.24, 2.45) is 10.7 Å². The zero-order valence-corrected chi connectivity index (χ0v) is 24.2. The zero-order chi connectivity index (χ0) is 28.2. The molecule has 0 aromatic heterocycles. The summed E-state index contributed by atoms with van der Waals surface area (Å²) in [4.78, 5) is 5.35. The molecule has 4 N–H and O–H groups in total. The van der Waals surface area contributed by atoms with Crippen LogP contribution in [-0.2, 0) is 10.0 Å². The van der Waals surface area contributed by atoms with E-state index in [0.717, 1.165) is 17.9 Å². The zero-order valence-electron chi connectivity index (χ0n) is 21.1. The first-order valence-electron chi connectivity index (χ1n) is 12.0. The molecule has 0 spiro atoms. The summed E-state index contributed by atoms with van der Waals surface area (Å²) in [6.07, 6.45) is 2.78. The highest BCUT2D eigenvalue weighted by atomic mass is 79.9. The minimum Gasteiger partial charge on any atom is -0.505 e. The van der Waals surface area contributed by atoms with Crippen molar-refractivity contribution in [3.05, 3.63) is 70.2 Å².